The highest BCUT2D eigenvalue weighted by atomic mass is 35.5. The van der Waals surface area contributed by atoms with Crippen molar-refractivity contribution in [3.05, 3.63) is 69.2 Å². The number of thioether (sulfide) groups is 1. The number of nitriles is 2. The summed E-state index contributed by atoms with van der Waals surface area (Å²) >= 11 is 12.9. The monoisotopic (exact) mass is 442 g/mol. The van der Waals surface area contributed by atoms with Gasteiger partial charge in [0.25, 0.3) is 0 Å². The minimum absolute atomic E-state index is 0.0755. The van der Waals surface area contributed by atoms with Crippen molar-refractivity contribution in [2.24, 2.45) is 0 Å². The number of benzene rings is 2. The van der Waals surface area contributed by atoms with Crippen LogP contribution in [0.3, 0.4) is 0 Å². The standard InChI is InChI=1S/C20H12Cl2N4O2S/c21-15-7-6-14(8-16(15)22)26-18(27)9-17(20(26)28)29-19(12(10-23)11-24)25-13-4-2-1-3-5-13/h1-8,17,25H,9H2. The van der Waals surface area contributed by atoms with E-state index in [9.17, 15) is 20.1 Å². The molecule has 9 heteroatoms. The molecule has 2 aromatic rings. The zero-order valence-electron chi connectivity index (χ0n) is 14.7. The Bertz CT molecular complexity index is 1070. The minimum Gasteiger partial charge on any atom is -0.349 e. The molecule has 0 aromatic heterocycles. The number of carbonyl (C=O) groups is 2. The molecule has 2 amide bonds. The van der Waals surface area contributed by atoms with E-state index in [0.29, 0.717) is 16.4 Å². The van der Waals surface area contributed by atoms with Crippen molar-refractivity contribution in [1.29, 1.82) is 10.5 Å². The van der Waals surface area contributed by atoms with Crippen LogP contribution in [0.25, 0.3) is 0 Å². The maximum atomic E-state index is 12.9. The summed E-state index contributed by atoms with van der Waals surface area (Å²) in [5, 5.41) is 21.5. The molecule has 1 fully saturated rings. The van der Waals surface area contributed by atoms with Crippen LogP contribution < -0.4 is 10.2 Å². The van der Waals surface area contributed by atoms with Gasteiger partial charge in [-0.05, 0) is 30.3 Å². The van der Waals surface area contributed by atoms with Crippen LogP contribution in [0.15, 0.2) is 59.1 Å². The van der Waals surface area contributed by atoms with Gasteiger partial charge < -0.3 is 5.32 Å². The van der Waals surface area contributed by atoms with E-state index in [1.54, 1.807) is 24.3 Å². The van der Waals surface area contributed by atoms with Gasteiger partial charge in [-0.3, -0.25) is 9.59 Å². The predicted octanol–water partition coefficient (Wildman–Crippen LogP) is 4.73. The van der Waals surface area contributed by atoms with Crippen LogP contribution in [0, 0.1) is 22.7 Å². The number of hydrogen-bond acceptors (Lipinski definition) is 6. The van der Waals surface area contributed by atoms with Crippen molar-refractivity contribution >= 4 is 58.2 Å². The highest BCUT2D eigenvalue weighted by Gasteiger charge is 2.41. The average molecular weight is 443 g/mol. The first-order valence-electron chi connectivity index (χ1n) is 8.29. The summed E-state index contributed by atoms with van der Waals surface area (Å²) in [6, 6.07) is 17.1. The lowest BCUT2D eigenvalue weighted by atomic mass is 10.3. The zero-order valence-corrected chi connectivity index (χ0v) is 17.1. The molecule has 2 aromatic carbocycles. The lowest BCUT2D eigenvalue weighted by Crippen LogP contribution is -2.31. The Morgan fingerprint density at radius 2 is 1.76 bits per heavy atom. The molecule has 1 heterocycles. The molecular formula is C20H12Cl2N4O2S. The first-order chi connectivity index (χ1) is 13.9. The quantitative estimate of drug-likeness (QED) is 0.530. The topological polar surface area (TPSA) is 97.0 Å². The van der Waals surface area contributed by atoms with Crippen LogP contribution in [0.5, 0.6) is 0 Å². The number of carbonyl (C=O) groups excluding carboxylic acids is 2. The van der Waals surface area contributed by atoms with Crippen molar-refractivity contribution in [1.82, 2.24) is 0 Å². The number of nitrogens with one attached hydrogen (secondary N) is 1. The number of para-hydroxylation sites is 1. The number of hydrogen-bond donors (Lipinski definition) is 1. The largest absolute Gasteiger partial charge is 0.349 e. The van der Waals surface area contributed by atoms with E-state index in [2.05, 4.69) is 5.32 Å². The number of halogens is 2. The van der Waals surface area contributed by atoms with Gasteiger partial charge in [0.15, 0.2) is 5.57 Å². The van der Waals surface area contributed by atoms with Gasteiger partial charge in [-0.15, -0.1) is 0 Å². The number of rotatable bonds is 5. The first kappa shape index (κ1) is 20.8. The average Bonchev–Trinajstić information content (AvgIpc) is 2.99. The van der Waals surface area contributed by atoms with Crippen LogP contribution in [-0.4, -0.2) is 17.1 Å². The molecule has 0 radical (unpaired) electrons. The third-order valence-electron chi connectivity index (χ3n) is 4.01. The fourth-order valence-electron chi connectivity index (χ4n) is 2.66. The van der Waals surface area contributed by atoms with Gasteiger partial charge >= 0.3 is 0 Å². The predicted molar refractivity (Wildman–Crippen MR) is 113 cm³/mol. The molecule has 1 aliphatic heterocycles. The molecule has 1 N–H and O–H groups in total. The Morgan fingerprint density at radius 3 is 2.38 bits per heavy atom. The zero-order chi connectivity index (χ0) is 21.0. The van der Waals surface area contributed by atoms with Crippen LogP contribution in [0.4, 0.5) is 11.4 Å². The van der Waals surface area contributed by atoms with Gasteiger partial charge in [0.2, 0.25) is 11.8 Å². The molecular weight excluding hydrogens is 431 g/mol. The smallest absolute Gasteiger partial charge is 0.247 e. The van der Waals surface area contributed by atoms with Crippen molar-refractivity contribution in [2.75, 3.05) is 10.2 Å². The van der Waals surface area contributed by atoms with E-state index in [0.717, 1.165) is 16.7 Å². The summed E-state index contributed by atoms with van der Waals surface area (Å²) in [4.78, 5) is 26.4. The van der Waals surface area contributed by atoms with E-state index in [1.807, 2.05) is 18.2 Å². The molecule has 1 saturated heterocycles. The molecule has 3 rings (SSSR count). The normalized spacial score (nSPS) is 15.6. The summed E-state index contributed by atoms with van der Waals surface area (Å²) in [6.45, 7) is 0. The molecule has 0 bridgehead atoms. The number of imide groups is 1. The van der Waals surface area contributed by atoms with Crippen molar-refractivity contribution < 1.29 is 9.59 Å². The van der Waals surface area contributed by atoms with Gasteiger partial charge in [0.05, 0.1) is 21.0 Å². The second-order valence-corrected chi connectivity index (χ2v) is 7.92. The van der Waals surface area contributed by atoms with E-state index in [4.69, 9.17) is 23.2 Å². The summed E-state index contributed by atoms with van der Waals surface area (Å²) in [5.74, 6) is -0.860. The highest BCUT2D eigenvalue weighted by molar-refractivity contribution is 8.04. The summed E-state index contributed by atoms with van der Waals surface area (Å²) in [5.41, 5.74) is 0.794. The Kier molecular flexibility index (Phi) is 6.46. The van der Waals surface area contributed by atoms with Crippen LogP contribution in [-0.2, 0) is 9.59 Å². The fraction of sp³-hybridized carbons (Fsp3) is 0.100. The lowest BCUT2D eigenvalue weighted by molar-refractivity contribution is -0.121. The van der Waals surface area contributed by atoms with Crippen molar-refractivity contribution in [2.45, 2.75) is 11.7 Å². The number of anilines is 2. The molecule has 1 unspecified atom stereocenters. The van der Waals surface area contributed by atoms with E-state index in [-0.39, 0.29) is 22.0 Å². The van der Waals surface area contributed by atoms with Crippen LogP contribution in [0.1, 0.15) is 6.42 Å². The van der Waals surface area contributed by atoms with E-state index in [1.165, 1.54) is 18.2 Å². The Balaban J connectivity index is 1.87. The van der Waals surface area contributed by atoms with Gasteiger partial charge in [0.1, 0.15) is 17.2 Å². The molecule has 144 valence electrons. The number of allylic oxidation sites excluding steroid dienone is 1. The molecule has 0 spiro atoms. The van der Waals surface area contributed by atoms with Gasteiger partial charge in [-0.1, -0.05) is 53.2 Å². The van der Waals surface area contributed by atoms with Crippen LogP contribution in [0.2, 0.25) is 10.0 Å². The van der Waals surface area contributed by atoms with Crippen molar-refractivity contribution in [3.63, 3.8) is 0 Å². The summed E-state index contributed by atoms with van der Waals surface area (Å²) in [7, 11) is 0. The maximum absolute atomic E-state index is 12.9. The van der Waals surface area contributed by atoms with Gasteiger partial charge in [-0.25, -0.2) is 4.90 Å². The fourth-order valence-corrected chi connectivity index (χ4v) is 4.06. The van der Waals surface area contributed by atoms with Crippen LogP contribution >= 0.6 is 35.0 Å². The van der Waals surface area contributed by atoms with Crippen molar-refractivity contribution in [3.8, 4) is 12.1 Å². The van der Waals surface area contributed by atoms with E-state index < -0.39 is 17.1 Å². The second kappa shape index (κ2) is 9.02. The van der Waals surface area contributed by atoms with Gasteiger partial charge in [-0.2, -0.15) is 10.5 Å². The number of nitrogens with zero attached hydrogens (tertiary/aromatic N) is 3. The molecule has 29 heavy (non-hydrogen) atoms. The molecule has 0 saturated carbocycles. The third kappa shape index (κ3) is 4.55. The van der Waals surface area contributed by atoms with E-state index >= 15 is 0 Å². The molecule has 6 nitrogen and oxygen atoms in total. The third-order valence-corrected chi connectivity index (χ3v) is 5.94. The minimum atomic E-state index is -0.792. The molecule has 1 aliphatic rings. The summed E-state index contributed by atoms with van der Waals surface area (Å²) < 4.78 is 0. The Labute approximate surface area is 181 Å². The highest BCUT2D eigenvalue weighted by Crippen LogP contribution is 2.36. The Morgan fingerprint density at radius 1 is 1.07 bits per heavy atom. The number of amides is 2. The summed E-state index contributed by atoms with van der Waals surface area (Å²) in [6.07, 6.45) is -0.0755. The van der Waals surface area contributed by atoms with Gasteiger partial charge in [0, 0.05) is 12.1 Å². The lowest BCUT2D eigenvalue weighted by Gasteiger charge is -2.17. The second-order valence-electron chi connectivity index (χ2n) is 5.90. The Hall–Kier alpha value is -2.97. The first-order valence-corrected chi connectivity index (χ1v) is 9.93. The molecule has 0 aliphatic carbocycles. The maximum Gasteiger partial charge on any atom is 0.247 e. The SMILES string of the molecule is N#CC(C#N)=C(Nc1ccccc1)SC1CC(=O)N(c2ccc(Cl)c(Cl)c2)C1=O. The molecule has 1 atom stereocenters.